The molecule has 3 rings (SSSR count). The highest BCUT2D eigenvalue weighted by Gasteiger charge is 2.34. The average Bonchev–Trinajstić information content (AvgIpc) is 2.89. The van der Waals surface area contributed by atoms with E-state index in [0.29, 0.717) is 12.1 Å². The van der Waals surface area contributed by atoms with Gasteiger partial charge in [-0.3, -0.25) is 9.59 Å². The van der Waals surface area contributed by atoms with Crippen molar-refractivity contribution in [2.24, 2.45) is 0 Å². The van der Waals surface area contributed by atoms with Crippen molar-refractivity contribution in [1.29, 1.82) is 0 Å². The fourth-order valence-corrected chi connectivity index (χ4v) is 5.80. The third-order valence-electron chi connectivity index (χ3n) is 7.00. The van der Waals surface area contributed by atoms with Gasteiger partial charge in [0, 0.05) is 26.7 Å². The van der Waals surface area contributed by atoms with Crippen molar-refractivity contribution in [3.05, 3.63) is 65.7 Å². The van der Waals surface area contributed by atoms with Gasteiger partial charge >= 0.3 is 10.2 Å². The predicted octanol–water partition coefficient (Wildman–Crippen LogP) is 3.86. The summed E-state index contributed by atoms with van der Waals surface area (Å²) in [6, 6.07) is 15.7. The Morgan fingerprint density at radius 3 is 2.19 bits per heavy atom. The summed E-state index contributed by atoms with van der Waals surface area (Å²) in [4.78, 5) is 29.0. The number of amides is 2. The standard InChI is InChI=1S/C28H40N4O4S/c1-5-26(28(34)29-24-16-8-6-9-17-24)31(20-23-15-13-12-14-22(23)2)27(33)21-32(37(35,36)30(3)4)25-18-10-7-11-19-25/h7,10-15,18-19,24,26H,5-6,8-9,16-17,20-21H2,1-4H3,(H,29,34)/t26-/m1/s1. The Hall–Kier alpha value is -2.91. The van der Waals surface area contributed by atoms with Gasteiger partial charge in [-0.25, -0.2) is 4.31 Å². The fraction of sp³-hybridized carbons (Fsp3) is 0.500. The van der Waals surface area contributed by atoms with E-state index in [4.69, 9.17) is 0 Å². The summed E-state index contributed by atoms with van der Waals surface area (Å²) in [7, 11) is -1.08. The Balaban J connectivity index is 1.95. The molecule has 0 radical (unpaired) electrons. The van der Waals surface area contributed by atoms with Crippen LogP contribution in [0.15, 0.2) is 54.6 Å². The molecule has 2 aromatic rings. The second-order valence-corrected chi connectivity index (χ2v) is 11.9. The topological polar surface area (TPSA) is 90.0 Å². The molecule has 1 aliphatic rings. The number of carbonyl (C=O) groups excluding carboxylic acids is 2. The maximum atomic E-state index is 13.9. The molecular weight excluding hydrogens is 488 g/mol. The van der Waals surface area contributed by atoms with Crippen molar-refractivity contribution in [3.8, 4) is 0 Å². The Kier molecular flexibility index (Phi) is 10.1. The number of anilines is 1. The zero-order valence-corrected chi connectivity index (χ0v) is 23.2. The molecule has 0 heterocycles. The molecule has 0 spiro atoms. The number of hydrogen-bond acceptors (Lipinski definition) is 4. The highest BCUT2D eigenvalue weighted by atomic mass is 32.2. The molecule has 0 unspecified atom stereocenters. The Morgan fingerprint density at radius 2 is 1.59 bits per heavy atom. The molecule has 0 saturated heterocycles. The molecule has 8 nitrogen and oxygen atoms in total. The van der Waals surface area contributed by atoms with Gasteiger partial charge in [-0.2, -0.15) is 12.7 Å². The van der Waals surface area contributed by atoms with Crippen LogP contribution in [0.3, 0.4) is 0 Å². The van der Waals surface area contributed by atoms with E-state index in [2.05, 4.69) is 5.32 Å². The Labute approximate surface area is 221 Å². The van der Waals surface area contributed by atoms with Crippen LogP contribution in [0.1, 0.15) is 56.6 Å². The Morgan fingerprint density at radius 1 is 0.973 bits per heavy atom. The van der Waals surface area contributed by atoms with Crippen LogP contribution < -0.4 is 9.62 Å². The fourth-order valence-electron chi connectivity index (χ4n) is 4.75. The van der Waals surface area contributed by atoms with Gasteiger partial charge in [-0.15, -0.1) is 0 Å². The molecule has 2 aromatic carbocycles. The van der Waals surface area contributed by atoms with Gasteiger partial charge in [0.25, 0.3) is 0 Å². The molecule has 1 fully saturated rings. The van der Waals surface area contributed by atoms with Crippen molar-refractivity contribution in [1.82, 2.24) is 14.5 Å². The second-order valence-electron chi connectivity index (χ2n) is 9.85. The van der Waals surface area contributed by atoms with E-state index in [9.17, 15) is 18.0 Å². The lowest BCUT2D eigenvalue weighted by atomic mass is 9.95. The van der Waals surface area contributed by atoms with Crippen LogP contribution in [-0.2, 0) is 26.3 Å². The molecular formula is C28H40N4O4S. The van der Waals surface area contributed by atoms with Gasteiger partial charge in [0.15, 0.2) is 0 Å². The average molecular weight is 529 g/mol. The van der Waals surface area contributed by atoms with Gasteiger partial charge in [-0.05, 0) is 49.4 Å². The molecule has 1 N–H and O–H groups in total. The molecule has 9 heteroatoms. The van der Waals surface area contributed by atoms with E-state index in [1.54, 1.807) is 35.2 Å². The van der Waals surface area contributed by atoms with Gasteiger partial charge in [0.05, 0.1) is 5.69 Å². The van der Waals surface area contributed by atoms with Crippen LogP contribution in [0, 0.1) is 6.92 Å². The molecule has 1 saturated carbocycles. The lowest BCUT2D eigenvalue weighted by Crippen LogP contribution is -2.54. The Bertz CT molecular complexity index is 1150. The van der Waals surface area contributed by atoms with E-state index in [-0.39, 0.29) is 18.5 Å². The number of nitrogens with one attached hydrogen (secondary N) is 1. The molecule has 0 bridgehead atoms. The first-order valence-electron chi connectivity index (χ1n) is 13.0. The largest absolute Gasteiger partial charge is 0.352 e. The van der Waals surface area contributed by atoms with Crippen molar-refractivity contribution in [2.75, 3.05) is 24.9 Å². The first-order valence-corrected chi connectivity index (χ1v) is 14.4. The highest BCUT2D eigenvalue weighted by Crippen LogP contribution is 2.22. The van der Waals surface area contributed by atoms with E-state index < -0.39 is 28.7 Å². The predicted molar refractivity (Wildman–Crippen MR) is 147 cm³/mol. The number of para-hydroxylation sites is 1. The molecule has 0 aromatic heterocycles. The molecule has 1 aliphatic carbocycles. The molecule has 37 heavy (non-hydrogen) atoms. The van der Waals surface area contributed by atoms with Crippen molar-refractivity contribution in [2.45, 2.75) is 71.0 Å². The van der Waals surface area contributed by atoms with Crippen LogP contribution in [0.25, 0.3) is 0 Å². The number of nitrogens with zero attached hydrogens (tertiary/aromatic N) is 3. The van der Waals surface area contributed by atoms with Crippen LogP contribution >= 0.6 is 0 Å². The van der Waals surface area contributed by atoms with E-state index >= 15 is 0 Å². The zero-order chi connectivity index (χ0) is 27.0. The maximum absolute atomic E-state index is 13.9. The smallest absolute Gasteiger partial charge is 0.304 e. The van der Waals surface area contributed by atoms with Gasteiger partial charge in [0.1, 0.15) is 12.6 Å². The monoisotopic (exact) mass is 528 g/mol. The first kappa shape index (κ1) is 28.7. The third-order valence-corrected chi connectivity index (χ3v) is 8.82. The summed E-state index contributed by atoms with van der Waals surface area (Å²) in [6.45, 7) is 3.65. The summed E-state index contributed by atoms with van der Waals surface area (Å²) < 4.78 is 28.7. The summed E-state index contributed by atoms with van der Waals surface area (Å²) in [5, 5.41) is 3.17. The number of carbonyl (C=O) groups is 2. The number of hydrogen-bond donors (Lipinski definition) is 1. The molecule has 202 valence electrons. The first-order chi connectivity index (χ1) is 17.6. The van der Waals surface area contributed by atoms with Crippen molar-refractivity contribution in [3.63, 3.8) is 0 Å². The summed E-state index contributed by atoms with van der Waals surface area (Å²) in [5.41, 5.74) is 2.31. The third kappa shape index (κ3) is 7.32. The minimum Gasteiger partial charge on any atom is -0.352 e. The summed E-state index contributed by atoms with van der Waals surface area (Å²) >= 11 is 0. The lowest BCUT2D eigenvalue weighted by molar-refractivity contribution is -0.140. The summed E-state index contributed by atoms with van der Waals surface area (Å²) in [6.07, 6.45) is 5.65. The van der Waals surface area contributed by atoms with E-state index in [1.807, 2.05) is 38.1 Å². The SMILES string of the molecule is CC[C@H](C(=O)NC1CCCCC1)N(Cc1ccccc1C)C(=O)CN(c1ccccc1)S(=O)(=O)N(C)C. The minimum atomic E-state index is -3.96. The van der Waals surface area contributed by atoms with Crippen LogP contribution in [-0.4, -0.2) is 62.2 Å². The zero-order valence-electron chi connectivity index (χ0n) is 22.4. The molecule has 0 aliphatic heterocycles. The van der Waals surface area contributed by atoms with Crippen LogP contribution in [0.4, 0.5) is 5.69 Å². The second kappa shape index (κ2) is 13.1. The highest BCUT2D eigenvalue weighted by molar-refractivity contribution is 7.90. The van der Waals surface area contributed by atoms with Gasteiger partial charge in [0.2, 0.25) is 11.8 Å². The summed E-state index contributed by atoms with van der Waals surface area (Å²) in [5.74, 6) is -0.610. The van der Waals surface area contributed by atoms with Crippen molar-refractivity contribution >= 4 is 27.7 Å². The number of benzene rings is 2. The van der Waals surface area contributed by atoms with E-state index in [0.717, 1.165) is 45.4 Å². The van der Waals surface area contributed by atoms with Crippen LogP contribution in [0.5, 0.6) is 0 Å². The minimum absolute atomic E-state index is 0.112. The maximum Gasteiger partial charge on any atom is 0.304 e. The normalized spacial score (nSPS) is 15.3. The molecule has 1 atom stereocenters. The van der Waals surface area contributed by atoms with Crippen LogP contribution in [0.2, 0.25) is 0 Å². The quantitative estimate of drug-likeness (QED) is 0.480. The van der Waals surface area contributed by atoms with Gasteiger partial charge in [-0.1, -0.05) is 68.7 Å². The number of rotatable bonds is 11. The van der Waals surface area contributed by atoms with Gasteiger partial charge < -0.3 is 10.2 Å². The van der Waals surface area contributed by atoms with Crippen molar-refractivity contribution < 1.29 is 18.0 Å². The lowest BCUT2D eigenvalue weighted by Gasteiger charge is -2.35. The molecule has 2 amide bonds. The van der Waals surface area contributed by atoms with E-state index in [1.165, 1.54) is 20.5 Å². The number of aryl methyl sites for hydroxylation is 1.